The highest BCUT2D eigenvalue weighted by Gasteiger charge is 2.25. The first kappa shape index (κ1) is 14.6. The molecule has 1 aliphatic rings. The first-order chi connectivity index (χ1) is 9.13. The highest BCUT2D eigenvalue weighted by atomic mass is 32.2. The molecule has 0 aliphatic heterocycles. The minimum atomic E-state index is -0.353. The van der Waals surface area contributed by atoms with Gasteiger partial charge in [-0.05, 0) is 31.2 Å². The van der Waals surface area contributed by atoms with Gasteiger partial charge in [0.05, 0.1) is 5.56 Å². The van der Waals surface area contributed by atoms with Crippen molar-refractivity contribution in [2.24, 2.45) is 5.73 Å². The highest BCUT2D eigenvalue weighted by molar-refractivity contribution is 7.99. The van der Waals surface area contributed by atoms with Crippen molar-refractivity contribution < 1.29 is 4.39 Å². The predicted octanol–water partition coefficient (Wildman–Crippen LogP) is 3.55. The van der Waals surface area contributed by atoms with E-state index in [9.17, 15) is 4.39 Å². The van der Waals surface area contributed by atoms with Gasteiger partial charge in [0.2, 0.25) is 0 Å². The normalized spacial score (nSPS) is 23.1. The molecule has 0 amide bonds. The van der Waals surface area contributed by atoms with Gasteiger partial charge in [-0.25, -0.2) is 4.39 Å². The van der Waals surface area contributed by atoms with Gasteiger partial charge in [-0.2, -0.15) is 11.8 Å². The summed E-state index contributed by atoms with van der Waals surface area (Å²) in [4.78, 5) is 0.108. The van der Waals surface area contributed by atoms with E-state index < -0.39 is 0 Å². The number of halogens is 1. The standard InChI is InChI=1S/C14H19FN2S2/c1-19-12-8-3-2-6-10(12)17-11-7-4-5-9(15)13(11)14(16)18/h4-5,7,10,12,17H,2-3,6,8H2,1H3,(H2,16,18). The Balaban J connectivity index is 2.22. The smallest absolute Gasteiger partial charge is 0.135 e. The Morgan fingerprint density at radius 3 is 2.84 bits per heavy atom. The molecule has 3 N–H and O–H groups in total. The fraction of sp³-hybridized carbons (Fsp3) is 0.500. The van der Waals surface area contributed by atoms with E-state index in [-0.39, 0.29) is 10.8 Å². The summed E-state index contributed by atoms with van der Waals surface area (Å²) in [5, 5.41) is 4.01. The van der Waals surface area contributed by atoms with Crippen LogP contribution in [0.1, 0.15) is 31.2 Å². The maximum absolute atomic E-state index is 13.8. The zero-order valence-corrected chi connectivity index (χ0v) is 12.6. The van der Waals surface area contributed by atoms with Gasteiger partial charge in [-0.1, -0.05) is 31.1 Å². The number of nitrogens with two attached hydrogens (primary N) is 1. The lowest BCUT2D eigenvalue weighted by atomic mass is 9.94. The molecule has 1 aliphatic carbocycles. The minimum absolute atomic E-state index is 0.108. The van der Waals surface area contributed by atoms with Gasteiger partial charge in [-0.3, -0.25) is 0 Å². The maximum atomic E-state index is 13.8. The molecule has 1 aromatic carbocycles. The van der Waals surface area contributed by atoms with E-state index in [4.69, 9.17) is 18.0 Å². The Morgan fingerprint density at radius 2 is 2.16 bits per heavy atom. The van der Waals surface area contributed by atoms with Gasteiger partial charge in [0.1, 0.15) is 10.8 Å². The molecule has 5 heteroatoms. The summed E-state index contributed by atoms with van der Waals surface area (Å²) < 4.78 is 13.8. The molecule has 0 aromatic heterocycles. The molecule has 0 radical (unpaired) electrons. The van der Waals surface area contributed by atoms with Crippen LogP contribution in [0, 0.1) is 5.82 Å². The number of anilines is 1. The van der Waals surface area contributed by atoms with E-state index in [1.807, 2.05) is 17.8 Å². The quantitative estimate of drug-likeness (QED) is 0.834. The van der Waals surface area contributed by atoms with Crippen LogP contribution in [0.2, 0.25) is 0 Å². The third kappa shape index (κ3) is 3.39. The van der Waals surface area contributed by atoms with Crippen molar-refractivity contribution in [2.45, 2.75) is 37.0 Å². The molecule has 1 saturated carbocycles. The van der Waals surface area contributed by atoms with Crippen molar-refractivity contribution in [1.29, 1.82) is 0 Å². The van der Waals surface area contributed by atoms with Crippen LogP contribution >= 0.6 is 24.0 Å². The van der Waals surface area contributed by atoms with Crippen molar-refractivity contribution in [3.05, 3.63) is 29.6 Å². The predicted molar refractivity (Wildman–Crippen MR) is 85.5 cm³/mol. The lowest BCUT2D eigenvalue weighted by Gasteiger charge is -2.32. The summed E-state index contributed by atoms with van der Waals surface area (Å²) in [6.45, 7) is 0. The Hall–Kier alpha value is -0.810. The fourth-order valence-electron chi connectivity index (χ4n) is 2.64. The Kier molecular flexibility index (Phi) is 5.05. The lowest BCUT2D eigenvalue weighted by Crippen LogP contribution is -2.35. The summed E-state index contributed by atoms with van der Waals surface area (Å²) in [5.74, 6) is -0.353. The first-order valence-electron chi connectivity index (χ1n) is 6.51. The summed E-state index contributed by atoms with van der Waals surface area (Å²) in [6, 6.07) is 5.30. The number of thiocarbonyl (C=S) groups is 1. The van der Waals surface area contributed by atoms with Crippen molar-refractivity contribution in [1.82, 2.24) is 0 Å². The summed E-state index contributed by atoms with van der Waals surface area (Å²) in [5.41, 5.74) is 6.69. The molecule has 0 saturated heterocycles. The van der Waals surface area contributed by atoms with Crippen LogP contribution in [0.3, 0.4) is 0 Å². The maximum Gasteiger partial charge on any atom is 0.135 e. The van der Waals surface area contributed by atoms with Gasteiger partial charge in [-0.15, -0.1) is 0 Å². The number of hydrogen-bond acceptors (Lipinski definition) is 3. The van der Waals surface area contributed by atoms with Gasteiger partial charge in [0.15, 0.2) is 0 Å². The van der Waals surface area contributed by atoms with Gasteiger partial charge in [0, 0.05) is 17.0 Å². The zero-order chi connectivity index (χ0) is 13.8. The second-order valence-electron chi connectivity index (χ2n) is 4.84. The molecule has 1 fully saturated rings. The molecule has 0 heterocycles. The molecule has 2 atom stereocenters. The average molecular weight is 298 g/mol. The van der Waals surface area contributed by atoms with Gasteiger partial charge in [0.25, 0.3) is 0 Å². The van der Waals surface area contributed by atoms with Crippen LogP contribution in [0.5, 0.6) is 0 Å². The SMILES string of the molecule is CSC1CCCCC1Nc1cccc(F)c1C(N)=S. The van der Waals surface area contributed by atoms with E-state index in [1.54, 1.807) is 6.07 Å². The molecule has 2 rings (SSSR count). The second kappa shape index (κ2) is 6.57. The van der Waals surface area contributed by atoms with Crippen molar-refractivity contribution >= 4 is 34.7 Å². The van der Waals surface area contributed by atoms with E-state index in [2.05, 4.69) is 11.6 Å². The van der Waals surface area contributed by atoms with Crippen molar-refractivity contribution in [3.63, 3.8) is 0 Å². The number of rotatable bonds is 4. The molecule has 0 bridgehead atoms. The van der Waals surface area contributed by atoms with Gasteiger partial charge < -0.3 is 11.1 Å². The van der Waals surface area contributed by atoms with Crippen LogP contribution in [-0.2, 0) is 0 Å². The van der Waals surface area contributed by atoms with Crippen LogP contribution < -0.4 is 11.1 Å². The zero-order valence-electron chi connectivity index (χ0n) is 11.0. The van der Waals surface area contributed by atoms with Gasteiger partial charge >= 0.3 is 0 Å². The third-order valence-electron chi connectivity index (χ3n) is 3.61. The highest BCUT2D eigenvalue weighted by Crippen LogP contribution is 2.30. The molecule has 104 valence electrons. The minimum Gasteiger partial charge on any atom is -0.389 e. The number of nitrogens with one attached hydrogen (secondary N) is 1. The largest absolute Gasteiger partial charge is 0.389 e. The number of hydrogen-bond donors (Lipinski definition) is 2. The summed E-state index contributed by atoms with van der Waals surface area (Å²) in [7, 11) is 0. The molecule has 2 nitrogen and oxygen atoms in total. The third-order valence-corrected chi connectivity index (χ3v) is 4.98. The molecule has 2 unspecified atom stereocenters. The molecular weight excluding hydrogens is 279 g/mol. The molecule has 0 spiro atoms. The van der Waals surface area contributed by atoms with Crippen LogP contribution in [0.25, 0.3) is 0 Å². The van der Waals surface area contributed by atoms with E-state index >= 15 is 0 Å². The molecule has 19 heavy (non-hydrogen) atoms. The average Bonchev–Trinajstić information content (AvgIpc) is 2.39. The van der Waals surface area contributed by atoms with Crippen LogP contribution in [0.15, 0.2) is 18.2 Å². The number of thioether (sulfide) groups is 1. The topological polar surface area (TPSA) is 38.0 Å². The first-order valence-corrected chi connectivity index (χ1v) is 8.20. The Labute approximate surface area is 123 Å². The fourth-order valence-corrected chi connectivity index (χ4v) is 3.78. The monoisotopic (exact) mass is 298 g/mol. The summed E-state index contributed by atoms with van der Waals surface area (Å²) in [6.07, 6.45) is 6.93. The van der Waals surface area contributed by atoms with Crippen molar-refractivity contribution in [3.8, 4) is 0 Å². The number of benzene rings is 1. The summed E-state index contributed by atoms with van der Waals surface area (Å²) >= 11 is 6.83. The second-order valence-corrected chi connectivity index (χ2v) is 6.35. The Bertz CT molecular complexity index is 465. The molecule has 1 aromatic rings. The lowest BCUT2D eigenvalue weighted by molar-refractivity contribution is 0.475. The van der Waals surface area contributed by atoms with E-state index in [0.29, 0.717) is 16.9 Å². The van der Waals surface area contributed by atoms with E-state index in [1.165, 1.54) is 25.3 Å². The van der Waals surface area contributed by atoms with E-state index in [0.717, 1.165) is 12.1 Å². The van der Waals surface area contributed by atoms with Crippen LogP contribution in [-0.4, -0.2) is 22.5 Å². The van der Waals surface area contributed by atoms with Crippen LogP contribution in [0.4, 0.5) is 10.1 Å². The molecular formula is C14H19FN2S2. The van der Waals surface area contributed by atoms with Crippen molar-refractivity contribution in [2.75, 3.05) is 11.6 Å². The Morgan fingerprint density at radius 1 is 1.42 bits per heavy atom.